The van der Waals surface area contributed by atoms with E-state index in [4.69, 9.17) is 11.5 Å². The molecule has 0 spiro atoms. The monoisotopic (exact) mass is 244 g/mol. The number of hydrogen-bond donors (Lipinski definition) is 3. The first-order chi connectivity index (χ1) is 8.72. The first kappa shape index (κ1) is 12.3. The van der Waals surface area contributed by atoms with Crippen LogP contribution in [0.25, 0.3) is 10.9 Å². The first-order valence-corrected chi connectivity index (χ1v) is 5.86. The Morgan fingerprint density at radius 2 is 2.11 bits per heavy atom. The number of para-hydroxylation sites is 1. The van der Waals surface area contributed by atoms with Crippen LogP contribution in [0.3, 0.4) is 0 Å². The zero-order chi connectivity index (χ0) is 13.0. The summed E-state index contributed by atoms with van der Waals surface area (Å²) < 4.78 is 0. The van der Waals surface area contributed by atoms with Gasteiger partial charge in [0.25, 0.3) is 5.91 Å². The fourth-order valence-corrected chi connectivity index (χ4v) is 1.69. The van der Waals surface area contributed by atoms with Crippen molar-refractivity contribution in [3.8, 4) is 0 Å². The third-order valence-electron chi connectivity index (χ3n) is 2.65. The number of aromatic nitrogens is 1. The molecule has 0 saturated carbocycles. The van der Waals surface area contributed by atoms with E-state index in [1.165, 1.54) is 0 Å². The van der Waals surface area contributed by atoms with Gasteiger partial charge in [-0.15, -0.1) is 0 Å². The van der Waals surface area contributed by atoms with Gasteiger partial charge in [-0.1, -0.05) is 18.2 Å². The second-order valence-corrected chi connectivity index (χ2v) is 4.01. The molecule has 1 aromatic heterocycles. The van der Waals surface area contributed by atoms with E-state index in [9.17, 15) is 4.79 Å². The Labute approximate surface area is 105 Å². The molecule has 0 aliphatic rings. The largest absolute Gasteiger partial charge is 0.397 e. The second kappa shape index (κ2) is 5.46. The molecule has 2 aromatic rings. The van der Waals surface area contributed by atoms with Gasteiger partial charge in [0.05, 0.1) is 11.2 Å². The SMILES string of the molecule is NCCCNC(=O)c1ccc2cccc(N)c2n1. The molecule has 0 unspecified atom stereocenters. The molecule has 0 aliphatic carbocycles. The summed E-state index contributed by atoms with van der Waals surface area (Å²) in [6.07, 6.45) is 0.751. The van der Waals surface area contributed by atoms with Crippen LogP contribution in [0.5, 0.6) is 0 Å². The quantitative estimate of drug-likeness (QED) is 0.550. The zero-order valence-corrected chi connectivity index (χ0v) is 10.0. The molecule has 2 rings (SSSR count). The van der Waals surface area contributed by atoms with Crippen LogP contribution in [0.4, 0.5) is 5.69 Å². The summed E-state index contributed by atoms with van der Waals surface area (Å²) in [5.41, 5.74) is 12.8. The number of benzene rings is 1. The maximum atomic E-state index is 11.8. The molecular formula is C13H16N4O. The molecule has 0 aliphatic heterocycles. The number of anilines is 1. The standard InChI is InChI=1S/C13H16N4O/c14-7-2-8-16-13(18)11-6-5-9-3-1-4-10(15)12(9)17-11/h1,3-6H,2,7-8,14-15H2,(H,16,18). The molecule has 0 bridgehead atoms. The number of hydrogen-bond acceptors (Lipinski definition) is 4. The maximum Gasteiger partial charge on any atom is 0.269 e. The van der Waals surface area contributed by atoms with E-state index in [1.807, 2.05) is 18.2 Å². The Kier molecular flexibility index (Phi) is 3.74. The highest BCUT2D eigenvalue weighted by Gasteiger charge is 2.08. The molecule has 0 fully saturated rings. The summed E-state index contributed by atoms with van der Waals surface area (Å²) in [5.74, 6) is -0.200. The molecule has 0 radical (unpaired) electrons. The highest BCUT2D eigenvalue weighted by Crippen LogP contribution is 2.18. The van der Waals surface area contributed by atoms with E-state index in [-0.39, 0.29) is 5.91 Å². The number of amides is 1. The normalized spacial score (nSPS) is 10.5. The zero-order valence-electron chi connectivity index (χ0n) is 10.0. The van der Waals surface area contributed by atoms with E-state index in [1.54, 1.807) is 12.1 Å². The van der Waals surface area contributed by atoms with Gasteiger partial charge in [0.15, 0.2) is 0 Å². The van der Waals surface area contributed by atoms with Gasteiger partial charge in [-0.25, -0.2) is 4.98 Å². The number of nitrogens with zero attached hydrogens (tertiary/aromatic N) is 1. The second-order valence-electron chi connectivity index (χ2n) is 4.01. The van der Waals surface area contributed by atoms with Crippen molar-refractivity contribution in [2.75, 3.05) is 18.8 Å². The summed E-state index contributed by atoms with van der Waals surface area (Å²) in [6, 6.07) is 9.08. The van der Waals surface area contributed by atoms with Crippen molar-refractivity contribution in [3.05, 3.63) is 36.0 Å². The van der Waals surface area contributed by atoms with Crippen LogP contribution in [-0.2, 0) is 0 Å². The average Bonchev–Trinajstić information content (AvgIpc) is 2.39. The highest BCUT2D eigenvalue weighted by molar-refractivity contribution is 5.97. The topological polar surface area (TPSA) is 94.0 Å². The lowest BCUT2D eigenvalue weighted by Gasteiger charge is -2.06. The lowest BCUT2D eigenvalue weighted by atomic mass is 10.1. The van der Waals surface area contributed by atoms with Crippen LogP contribution >= 0.6 is 0 Å². The summed E-state index contributed by atoms with van der Waals surface area (Å²) >= 11 is 0. The molecule has 5 N–H and O–H groups in total. The summed E-state index contributed by atoms with van der Waals surface area (Å²) in [4.78, 5) is 16.1. The minimum atomic E-state index is -0.200. The molecule has 1 amide bonds. The van der Waals surface area contributed by atoms with Crippen molar-refractivity contribution in [1.82, 2.24) is 10.3 Å². The smallest absolute Gasteiger partial charge is 0.269 e. The van der Waals surface area contributed by atoms with Crippen LogP contribution in [0.15, 0.2) is 30.3 Å². The van der Waals surface area contributed by atoms with Crippen molar-refractivity contribution in [2.24, 2.45) is 5.73 Å². The van der Waals surface area contributed by atoms with Gasteiger partial charge in [0.2, 0.25) is 0 Å². The van der Waals surface area contributed by atoms with Gasteiger partial charge < -0.3 is 16.8 Å². The van der Waals surface area contributed by atoms with Crippen LogP contribution in [-0.4, -0.2) is 24.0 Å². The van der Waals surface area contributed by atoms with Gasteiger partial charge in [0.1, 0.15) is 5.69 Å². The van der Waals surface area contributed by atoms with Crippen molar-refractivity contribution in [3.63, 3.8) is 0 Å². The van der Waals surface area contributed by atoms with Crippen molar-refractivity contribution in [2.45, 2.75) is 6.42 Å². The lowest BCUT2D eigenvalue weighted by molar-refractivity contribution is 0.0949. The molecule has 0 atom stereocenters. The number of nitrogen functional groups attached to an aromatic ring is 1. The van der Waals surface area contributed by atoms with E-state index in [0.29, 0.717) is 30.0 Å². The summed E-state index contributed by atoms with van der Waals surface area (Å²) in [5, 5.41) is 3.69. The maximum absolute atomic E-state index is 11.8. The van der Waals surface area contributed by atoms with Crippen molar-refractivity contribution < 1.29 is 4.79 Å². The number of fused-ring (bicyclic) bond motifs is 1. The molecular weight excluding hydrogens is 228 g/mol. The van der Waals surface area contributed by atoms with Crippen molar-refractivity contribution >= 4 is 22.5 Å². The Morgan fingerprint density at radius 1 is 1.28 bits per heavy atom. The predicted molar refractivity (Wildman–Crippen MR) is 72.2 cm³/mol. The lowest BCUT2D eigenvalue weighted by Crippen LogP contribution is -2.26. The fraction of sp³-hybridized carbons (Fsp3) is 0.231. The summed E-state index contributed by atoms with van der Waals surface area (Å²) in [7, 11) is 0. The Bertz CT molecular complexity index is 568. The van der Waals surface area contributed by atoms with Gasteiger partial charge in [0, 0.05) is 11.9 Å². The molecule has 18 heavy (non-hydrogen) atoms. The van der Waals surface area contributed by atoms with E-state index >= 15 is 0 Å². The number of rotatable bonds is 4. The minimum absolute atomic E-state index is 0.200. The molecule has 5 nitrogen and oxygen atoms in total. The first-order valence-electron chi connectivity index (χ1n) is 5.86. The van der Waals surface area contributed by atoms with Gasteiger partial charge in [-0.2, -0.15) is 0 Å². The third-order valence-corrected chi connectivity index (χ3v) is 2.65. The number of carbonyl (C=O) groups excluding carboxylic acids is 1. The van der Waals surface area contributed by atoms with Crippen molar-refractivity contribution in [1.29, 1.82) is 0 Å². The van der Waals surface area contributed by atoms with Crippen LogP contribution in [0.1, 0.15) is 16.9 Å². The number of nitrogens with two attached hydrogens (primary N) is 2. The molecule has 5 heteroatoms. The van der Waals surface area contributed by atoms with Crippen LogP contribution in [0, 0.1) is 0 Å². The van der Waals surface area contributed by atoms with E-state index < -0.39 is 0 Å². The number of carbonyl (C=O) groups is 1. The Hall–Kier alpha value is -2.14. The minimum Gasteiger partial charge on any atom is -0.397 e. The molecule has 94 valence electrons. The Morgan fingerprint density at radius 3 is 2.89 bits per heavy atom. The molecule has 1 heterocycles. The van der Waals surface area contributed by atoms with Gasteiger partial charge in [-0.3, -0.25) is 4.79 Å². The number of nitrogens with one attached hydrogen (secondary N) is 1. The molecule has 1 aromatic carbocycles. The third kappa shape index (κ3) is 2.57. The fourth-order valence-electron chi connectivity index (χ4n) is 1.69. The van der Waals surface area contributed by atoms with Gasteiger partial charge in [-0.05, 0) is 25.1 Å². The van der Waals surface area contributed by atoms with E-state index in [0.717, 1.165) is 11.8 Å². The van der Waals surface area contributed by atoms with E-state index in [2.05, 4.69) is 10.3 Å². The predicted octanol–water partition coefficient (Wildman–Crippen LogP) is 0.896. The van der Waals surface area contributed by atoms with Gasteiger partial charge >= 0.3 is 0 Å². The Balaban J connectivity index is 2.24. The number of pyridine rings is 1. The van der Waals surface area contributed by atoms with Crippen LogP contribution in [0.2, 0.25) is 0 Å². The molecule has 0 saturated heterocycles. The highest BCUT2D eigenvalue weighted by atomic mass is 16.1. The average molecular weight is 244 g/mol. The summed E-state index contributed by atoms with van der Waals surface area (Å²) in [6.45, 7) is 1.11. The van der Waals surface area contributed by atoms with Crippen LogP contribution < -0.4 is 16.8 Å².